The molecule has 0 saturated carbocycles. The molecule has 1 aromatic heterocycles. The van der Waals surface area contributed by atoms with Gasteiger partial charge in [-0.15, -0.1) is 0 Å². The summed E-state index contributed by atoms with van der Waals surface area (Å²) in [5.41, 5.74) is 2.33. The second kappa shape index (κ2) is 8.34. The molecule has 1 aliphatic heterocycles. The fourth-order valence-electron chi connectivity index (χ4n) is 4.33. The van der Waals surface area contributed by atoms with Gasteiger partial charge in [-0.2, -0.15) is 9.57 Å². The van der Waals surface area contributed by atoms with E-state index >= 15 is 0 Å². The van der Waals surface area contributed by atoms with Crippen LogP contribution in [-0.2, 0) is 10.0 Å². The molecule has 0 N–H and O–H groups in total. The van der Waals surface area contributed by atoms with Gasteiger partial charge in [0.15, 0.2) is 0 Å². The molecule has 32 heavy (non-hydrogen) atoms. The maximum Gasteiger partial charge on any atom is 0.254 e. The first-order chi connectivity index (χ1) is 15.2. The first-order valence-electron chi connectivity index (χ1n) is 10.4. The van der Waals surface area contributed by atoms with E-state index in [1.165, 1.54) is 16.4 Å². The minimum absolute atomic E-state index is 0.120. The Morgan fingerprint density at radius 2 is 1.94 bits per heavy atom. The maximum atomic E-state index is 13.4. The minimum atomic E-state index is -3.73. The molecule has 0 radical (unpaired) electrons. The van der Waals surface area contributed by atoms with E-state index in [1.807, 2.05) is 38.1 Å². The lowest BCUT2D eigenvalue weighted by atomic mass is 10.0. The zero-order chi connectivity index (χ0) is 23.0. The third-order valence-electron chi connectivity index (χ3n) is 5.98. The quantitative estimate of drug-likeness (QED) is 0.613. The number of fused-ring (bicyclic) bond motifs is 1. The Hall–Kier alpha value is -3.28. The van der Waals surface area contributed by atoms with Gasteiger partial charge in [0.25, 0.3) is 5.91 Å². The number of aromatic nitrogens is 1. The number of sulfonamides is 1. The number of carbonyl (C=O) groups excluding carboxylic acids is 1. The molecule has 2 heterocycles. The average molecular weight is 449 g/mol. The number of pyridine rings is 1. The van der Waals surface area contributed by atoms with Gasteiger partial charge >= 0.3 is 0 Å². The van der Waals surface area contributed by atoms with Gasteiger partial charge < -0.3 is 4.90 Å². The summed E-state index contributed by atoms with van der Waals surface area (Å²) >= 11 is 0. The van der Waals surface area contributed by atoms with Crippen molar-refractivity contribution in [2.75, 3.05) is 19.6 Å². The first-order valence-corrected chi connectivity index (χ1v) is 11.8. The van der Waals surface area contributed by atoms with Gasteiger partial charge in [-0.3, -0.25) is 9.78 Å². The zero-order valence-corrected chi connectivity index (χ0v) is 19.1. The fourth-order valence-corrected chi connectivity index (χ4v) is 6.05. The normalized spacial score (nSPS) is 17.3. The van der Waals surface area contributed by atoms with Gasteiger partial charge in [0, 0.05) is 48.5 Å². The SMILES string of the molecule is Cc1cc(C#N)ccc1S(=O)(=O)N1CCN(C(=O)c2cccc3ccnc(C)c23)C(C)C1. The van der Waals surface area contributed by atoms with Crippen LogP contribution < -0.4 is 0 Å². The van der Waals surface area contributed by atoms with Crippen LogP contribution in [0.5, 0.6) is 0 Å². The highest BCUT2D eigenvalue weighted by molar-refractivity contribution is 7.89. The molecule has 0 aliphatic carbocycles. The van der Waals surface area contributed by atoms with Gasteiger partial charge in [-0.25, -0.2) is 8.42 Å². The van der Waals surface area contributed by atoms with E-state index in [2.05, 4.69) is 4.98 Å². The Morgan fingerprint density at radius 3 is 2.62 bits per heavy atom. The molecule has 1 amide bonds. The van der Waals surface area contributed by atoms with E-state index in [9.17, 15) is 13.2 Å². The van der Waals surface area contributed by atoms with E-state index in [-0.39, 0.29) is 29.9 Å². The van der Waals surface area contributed by atoms with Crippen LogP contribution in [-0.4, -0.2) is 54.2 Å². The molecule has 3 aromatic rings. The Labute approximate surface area is 188 Å². The molecule has 0 bridgehead atoms. The zero-order valence-electron chi connectivity index (χ0n) is 18.2. The molecule has 8 heteroatoms. The molecule has 0 spiro atoms. The summed E-state index contributed by atoms with van der Waals surface area (Å²) in [4.78, 5) is 19.7. The van der Waals surface area contributed by atoms with E-state index < -0.39 is 10.0 Å². The standard InChI is InChI=1S/C24H24N4O3S/c1-16-13-19(14-25)7-8-22(16)32(30,31)27-11-12-28(17(2)15-27)24(29)21-6-4-5-20-9-10-26-18(3)23(20)21/h4-10,13,17H,11-12,15H2,1-3H3. The van der Waals surface area contributed by atoms with E-state index in [0.29, 0.717) is 23.2 Å². The van der Waals surface area contributed by atoms with Gasteiger partial charge in [-0.1, -0.05) is 12.1 Å². The predicted octanol–water partition coefficient (Wildman–Crippen LogP) is 3.26. The number of rotatable bonds is 3. The predicted molar refractivity (Wildman–Crippen MR) is 122 cm³/mol. The number of hydrogen-bond donors (Lipinski definition) is 0. The van der Waals surface area contributed by atoms with Crippen molar-refractivity contribution in [1.82, 2.24) is 14.2 Å². The number of carbonyl (C=O) groups is 1. The Bertz CT molecular complexity index is 1360. The number of nitriles is 1. The second-order valence-corrected chi connectivity index (χ2v) is 10.0. The molecule has 1 unspecified atom stereocenters. The highest BCUT2D eigenvalue weighted by Gasteiger charge is 2.35. The van der Waals surface area contributed by atoms with Crippen molar-refractivity contribution >= 4 is 26.7 Å². The van der Waals surface area contributed by atoms with Crippen molar-refractivity contribution in [1.29, 1.82) is 5.26 Å². The van der Waals surface area contributed by atoms with Gasteiger partial charge in [0.2, 0.25) is 10.0 Å². The monoisotopic (exact) mass is 448 g/mol. The number of hydrogen-bond acceptors (Lipinski definition) is 5. The molecule has 2 aromatic carbocycles. The van der Waals surface area contributed by atoms with Gasteiger partial charge in [0.05, 0.1) is 16.5 Å². The topological polar surface area (TPSA) is 94.4 Å². The number of piperazine rings is 1. The summed E-state index contributed by atoms with van der Waals surface area (Å²) in [6, 6.07) is 13.8. The molecule has 1 fully saturated rings. The van der Waals surface area contributed by atoms with Crippen LogP contribution in [0.3, 0.4) is 0 Å². The van der Waals surface area contributed by atoms with Crippen LogP contribution in [0.25, 0.3) is 10.8 Å². The molecule has 4 rings (SSSR count). The summed E-state index contributed by atoms with van der Waals surface area (Å²) in [6.45, 7) is 6.14. The van der Waals surface area contributed by atoms with Crippen molar-refractivity contribution in [2.45, 2.75) is 31.7 Å². The Morgan fingerprint density at radius 1 is 1.16 bits per heavy atom. The molecule has 164 valence electrons. The van der Waals surface area contributed by atoms with Crippen LogP contribution in [0.15, 0.2) is 53.6 Å². The third-order valence-corrected chi connectivity index (χ3v) is 8.01. The van der Waals surface area contributed by atoms with E-state index in [0.717, 1.165) is 16.5 Å². The average Bonchev–Trinajstić information content (AvgIpc) is 2.78. The van der Waals surface area contributed by atoms with E-state index in [4.69, 9.17) is 5.26 Å². The fraction of sp³-hybridized carbons (Fsp3) is 0.292. The molecule has 1 aliphatic rings. The summed E-state index contributed by atoms with van der Waals surface area (Å²) in [6.07, 6.45) is 1.73. The lowest BCUT2D eigenvalue weighted by Gasteiger charge is -2.39. The van der Waals surface area contributed by atoms with Crippen molar-refractivity contribution < 1.29 is 13.2 Å². The number of amides is 1. The highest BCUT2D eigenvalue weighted by atomic mass is 32.2. The summed E-state index contributed by atoms with van der Waals surface area (Å²) in [5.74, 6) is -0.120. The molecule has 1 atom stereocenters. The number of nitrogens with zero attached hydrogens (tertiary/aromatic N) is 4. The minimum Gasteiger partial charge on any atom is -0.333 e. The number of aryl methyl sites for hydroxylation is 2. The first kappa shape index (κ1) is 21.9. The summed E-state index contributed by atoms with van der Waals surface area (Å²) in [5, 5.41) is 10.8. The Kier molecular flexibility index (Phi) is 5.71. The van der Waals surface area contributed by atoms with Crippen molar-refractivity contribution in [3.8, 4) is 6.07 Å². The number of benzene rings is 2. The third kappa shape index (κ3) is 3.74. The smallest absolute Gasteiger partial charge is 0.254 e. The van der Waals surface area contributed by atoms with Crippen molar-refractivity contribution in [3.05, 3.63) is 71.0 Å². The van der Waals surface area contributed by atoms with Gasteiger partial charge in [-0.05, 0) is 62.1 Å². The maximum absolute atomic E-state index is 13.4. The summed E-state index contributed by atoms with van der Waals surface area (Å²) < 4.78 is 27.9. The molecule has 1 saturated heterocycles. The van der Waals surface area contributed by atoms with Crippen LogP contribution >= 0.6 is 0 Å². The van der Waals surface area contributed by atoms with Crippen LogP contribution in [0.4, 0.5) is 0 Å². The van der Waals surface area contributed by atoms with E-state index in [1.54, 1.807) is 30.2 Å². The Balaban J connectivity index is 1.59. The summed E-state index contributed by atoms with van der Waals surface area (Å²) in [7, 11) is -3.73. The van der Waals surface area contributed by atoms with Crippen LogP contribution in [0, 0.1) is 25.2 Å². The van der Waals surface area contributed by atoms with Crippen LogP contribution in [0.1, 0.15) is 34.1 Å². The lowest BCUT2D eigenvalue weighted by Crippen LogP contribution is -2.55. The largest absolute Gasteiger partial charge is 0.333 e. The second-order valence-electron chi connectivity index (χ2n) is 8.10. The molecular formula is C24H24N4O3S. The van der Waals surface area contributed by atoms with Crippen molar-refractivity contribution in [2.24, 2.45) is 0 Å². The highest BCUT2D eigenvalue weighted by Crippen LogP contribution is 2.27. The lowest BCUT2D eigenvalue weighted by molar-refractivity contribution is 0.0593. The molecule has 7 nitrogen and oxygen atoms in total. The van der Waals surface area contributed by atoms with Crippen molar-refractivity contribution in [3.63, 3.8) is 0 Å². The van der Waals surface area contributed by atoms with Gasteiger partial charge in [0.1, 0.15) is 0 Å². The van der Waals surface area contributed by atoms with Crippen LogP contribution in [0.2, 0.25) is 0 Å². The molecular weight excluding hydrogens is 424 g/mol.